The van der Waals surface area contributed by atoms with Gasteiger partial charge in [-0.05, 0) is 29.7 Å². The zero-order valence-electron chi connectivity index (χ0n) is 15.7. The van der Waals surface area contributed by atoms with Gasteiger partial charge in [-0.2, -0.15) is 0 Å². The van der Waals surface area contributed by atoms with Crippen molar-refractivity contribution in [3.8, 4) is 5.75 Å². The molecule has 0 aliphatic heterocycles. The van der Waals surface area contributed by atoms with E-state index < -0.39 is 29.9 Å². The van der Waals surface area contributed by atoms with E-state index >= 15 is 0 Å². The van der Waals surface area contributed by atoms with E-state index in [9.17, 15) is 29.7 Å². The molecular formula is C21H24N2O6. The molecule has 0 aromatic heterocycles. The number of hydrogen-bond acceptors (Lipinski definition) is 5. The third-order valence-electron chi connectivity index (χ3n) is 4.36. The molecule has 0 heterocycles. The predicted octanol–water partition coefficient (Wildman–Crippen LogP) is 1.53. The molecule has 2 aromatic carbocycles. The molecule has 2 aromatic rings. The van der Waals surface area contributed by atoms with Crippen molar-refractivity contribution in [2.45, 2.75) is 37.9 Å². The molecule has 29 heavy (non-hydrogen) atoms. The lowest BCUT2D eigenvalue weighted by atomic mass is 10.0. The zero-order valence-corrected chi connectivity index (χ0v) is 15.7. The second-order valence-corrected chi connectivity index (χ2v) is 6.62. The monoisotopic (exact) mass is 400 g/mol. The highest BCUT2D eigenvalue weighted by Crippen LogP contribution is 2.12. The first-order chi connectivity index (χ1) is 13.8. The molecule has 2 atom stereocenters. The minimum absolute atomic E-state index is 0.0273. The third-order valence-corrected chi connectivity index (χ3v) is 4.36. The fourth-order valence-electron chi connectivity index (χ4n) is 2.76. The lowest BCUT2D eigenvalue weighted by Crippen LogP contribution is -2.43. The molecule has 0 unspecified atom stereocenters. The number of carbonyl (C=O) groups is 3. The maximum absolute atomic E-state index is 12.2. The number of benzene rings is 2. The van der Waals surface area contributed by atoms with Crippen LogP contribution in [0.3, 0.4) is 0 Å². The second kappa shape index (κ2) is 10.8. The van der Waals surface area contributed by atoms with E-state index in [1.165, 1.54) is 12.1 Å². The number of carboxylic acid groups (broad SMARTS) is 2. The summed E-state index contributed by atoms with van der Waals surface area (Å²) < 4.78 is 0. The number of carboxylic acids is 2. The average Bonchev–Trinajstić information content (AvgIpc) is 2.69. The van der Waals surface area contributed by atoms with Crippen LogP contribution in [0.15, 0.2) is 54.6 Å². The smallest absolute Gasteiger partial charge is 0.326 e. The Morgan fingerprint density at radius 3 is 2.03 bits per heavy atom. The number of phenols is 1. The minimum atomic E-state index is -1.19. The van der Waals surface area contributed by atoms with Crippen LogP contribution in [0.1, 0.15) is 24.0 Å². The van der Waals surface area contributed by atoms with Crippen LogP contribution in [-0.2, 0) is 27.3 Å². The molecule has 0 spiro atoms. The van der Waals surface area contributed by atoms with Gasteiger partial charge in [-0.1, -0.05) is 42.5 Å². The van der Waals surface area contributed by atoms with Gasteiger partial charge in [0.15, 0.2) is 0 Å². The van der Waals surface area contributed by atoms with Crippen LogP contribution in [0.4, 0.5) is 0 Å². The first-order valence-corrected chi connectivity index (χ1v) is 9.15. The summed E-state index contributed by atoms with van der Waals surface area (Å²) in [6, 6.07) is 13.2. The zero-order chi connectivity index (χ0) is 21.2. The van der Waals surface area contributed by atoms with E-state index in [0.717, 1.165) is 5.56 Å². The molecule has 0 saturated heterocycles. The van der Waals surface area contributed by atoms with Gasteiger partial charge >= 0.3 is 11.9 Å². The van der Waals surface area contributed by atoms with E-state index in [2.05, 4.69) is 10.6 Å². The quantitative estimate of drug-likeness (QED) is 0.386. The van der Waals surface area contributed by atoms with Crippen molar-refractivity contribution in [1.29, 1.82) is 0 Å². The van der Waals surface area contributed by atoms with Gasteiger partial charge in [0, 0.05) is 19.4 Å². The summed E-state index contributed by atoms with van der Waals surface area (Å²) in [4.78, 5) is 35.0. The molecule has 2 rings (SSSR count). The molecule has 8 nitrogen and oxygen atoms in total. The number of carbonyl (C=O) groups excluding carboxylic acids is 1. The molecule has 5 N–H and O–H groups in total. The fraction of sp³-hybridized carbons (Fsp3) is 0.286. The fourth-order valence-corrected chi connectivity index (χ4v) is 2.76. The summed E-state index contributed by atoms with van der Waals surface area (Å²) in [5, 5.41) is 33.3. The van der Waals surface area contributed by atoms with Crippen molar-refractivity contribution in [3.05, 3.63) is 65.7 Å². The Morgan fingerprint density at radius 1 is 0.828 bits per heavy atom. The normalized spacial score (nSPS) is 12.7. The summed E-state index contributed by atoms with van der Waals surface area (Å²) in [6.45, 7) is 0.345. The third kappa shape index (κ3) is 7.63. The van der Waals surface area contributed by atoms with Crippen molar-refractivity contribution < 1.29 is 29.7 Å². The first kappa shape index (κ1) is 21.9. The number of aromatic hydroxyl groups is 1. The van der Waals surface area contributed by atoms with E-state index in [0.29, 0.717) is 12.1 Å². The van der Waals surface area contributed by atoms with Gasteiger partial charge in [-0.15, -0.1) is 0 Å². The van der Waals surface area contributed by atoms with Crippen molar-refractivity contribution in [2.75, 3.05) is 0 Å². The van der Waals surface area contributed by atoms with Crippen molar-refractivity contribution in [3.63, 3.8) is 0 Å². The lowest BCUT2D eigenvalue weighted by molar-refractivity contribution is -0.142. The Labute approximate surface area is 168 Å². The Kier molecular flexibility index (Phi) is 8.17. The molecule has 0 bridgehead atoms. The standard InChI is InChI=1S/C21H24N2O6/c24-16-8-6-14(7-9-16)12-18(21(28)29)23-19(25)11-10-17(20(26)27)22-13-15-4-2-1-3-5-15/h1-9,17-18,22,24H,10-13H2,(H,23,25)(H,26,27)(H,28,29)/t17-,18-/m0/s1. The molecule has 1 amide bonds. The SMILES string of the molecule is O=C(CC[C@H](NCc1ccccc1)C(=O)O)N[C@@H](Cc1ccc(O)cc1)C(=O)O. The van der Waals surface area contributed by atoms with Gasteiger partial charge in [-0.25, -0.2) is 4.79 Å². The van der Waals surface area contributed by atoms with E-state index in [4.69, 9.17) is 0 Å². The summed E-state index contributed by atoms with van der Waals surface area (Å²) >= 11 is 0. The van der Waals surface area contributed by atoms with Gasteiger partial charge in [0.1, 0.15) is 17.8 Å². The van der Waals surface area contributed by atoms with Crippen molar-refractivity contribution in [1.82, 2.24) is 10.6 Å². The number of nitrogens with one attached hydrogen (secondary N) is 2. The highest BCUT2D eigenvalue weighted by atomic mass is 16.4. The van der Waals surface area contributed by atoms with Gasteiger partial charge in [0.2, 0.25) is 5.91 Å². The number of aliphatic carboxylic acids is 2. The number of rotatable bonds is 11. The van der Waals surface area contributed by atoms with Crippen molar-refractivity contribution >= 4 is 17.8 Å². The van der Waals surface area contributed by atoms with Crippen LogP contribution in [0, 0.1) is 0 Å². The lowest BCUT2D eigenvalue weighted by Gasteiger charge is -2.17. The largest absolute Gasteiger partial charge is 0.508 e. The number of hydrogen-bond donors (Lipinski definition) is 5. The molecule has 8 heteroatoms. The Hall–Kier alpha value is -3.39. The summed E-state index contributed by atoms with van der Waals surface area (Å²) in [6.07, 6.45) is -0.0480. The molecular weight excluding hydrogens is 376 g/mol. The maximum Gasteiger partial charge on any atom is 0.326 e. The van der Waals surface area contributed by atoms with Crippen molar-refractivity contribution in [2.24, 2.45) is 0 Å². The maximum atomic E-state index is 12.2. The van der Waals surface area contributed by atoms with E-state index in [1.54, 1.807) is 12.1 Å². The molecule has 0 fully saturated rings. The topological polar surface area (TPSA) is 136 Å². The molecule has 0 aliphatic rings. The first-order valence-electron chi connectivity index (χ1n) is 9.15. The van der Waals surface area contributed by atoms with Gasteiger partial charge < -0.3 is 26.0 Å². The number of amides is 1. The predicted molar refractivity (Wildman–Crippen MR) is 105 cm³/mol. The highest BCUT2D eigenvalue weighted by molar-refractivity contribution is 5.84. The van der Waals surface area contributed by atoms with Crippen LogP contribution in [0.2, 0.25) is 0 Å². The van der Waals surface area contributed by atoms with E-state index in [1.807, 2.05) is 30.3 Å². The van der Waals surface area contributed by atoms with Crippen LogP contribution in [-0.4, -0.2) is 45.2 Å². The van der Waals surface area contributed by atoms with Crippen LogP contribution in [0.25, 0.3) is 0 Å². The summed E-state index contributed by atoms with van der Waals surface area (Å²) in [5.74, 6) is -2.74. The van der Waals surface area contributed by atoms with Crippen LogP contribution in [0.5, 0.6) is 5.75 Å². The molecule has 154 valence electrons. The Balaban J connectivity index is 1.86. The molecule has 0 aliphatic carbocycles. The van der Waals surface area contributed by atoms with Crippen LogP contribution >= 0.6 is 0 Å². The summed E-state index contributed by atoms with van der Waals surface area (Å²) in [5.41, 5.74) is 1.56. The minimum Gasteiger partial charge on any atom is -0.508 e. The summed E-state index contributed by atoms with van der Waals surface area (Å²) in [7, 11) is 0. The second-order valence-electron chi connectivity index (χ2n) is 6.62. The average molecular weight is 400 g/mol. The number of phenolic OH excluding ortho intramolecular Hbond substituents is 1. The Bertz CT molecular complexity index is 823. The van der Waals surface area contributed by atoms with Gasteiger partial charge in [-0.3, -0.25) is 9.59 Å². The highest BCUT2D eigenvalue weighted by Gasteiger charge is 2.23. The van der Waals surface area contributed by atoms with Crippen LogP contribution < -0.4 is 10.6 Å². The molecule has 0 radical (unpaired) electrons. The van der Waals surface area contributed by atoms with Gasteiger partial charge in [0.05, 0.1) is 0 Å². The Morgan fingerprint density at radius 2 is 1.45 bits per heavy atom. The molecule has 0 saturated carbocycles. The van der Waals surface area contributed by atoms with Gasteiger partial charge in [0.25, 0.3) is 0 Å². The van der Waals surface area contributed by atoms with E-state index in [-0.39, 0.29) is 25.0 Å².